The lowest BCUT2D eigenvalue weighted by Gasteiger charge is -2.30. The average Bonchev–Trinajstić information content (AvgIpc) is 3.31. The third-order valence-electron chi connectivity index (χ3n) is 5.96. The van der Waals surface area contributed by atoms with Crippen molar-refractivity contribution < 1.29 is 19.1 Å². The van der Waals surface area contributed by atoms with E-state index in [1.807, 2.05) is 18.4 Å². The van der Waals surface area contributed by atoms with Gasteiger partial charge in [-0.1, -0.05) is 18.9 Å². The monoisotopic (exact) mass is 402 g/mol. The van der Waals surface area contributed by atoms with Crippen LogP contribution in [-0.2, 0) is 16.1 Å². The van der Waals surface area contributed by atoms with Gasteiger partial charge in [0.05, 0.1) is 12.6 Å². The summed E-state index contributed by atoms with van der Waals surface area (Å²) in [6.45, 7) is 14.0. The quantitative estimate of drug-likeness (QED) is 0.355. The van der Waals surface area contributed by atoms with Gasteiger partial charge in [0.1, 0.15) is 5.69 Å². The van der Waals surface area contributed by atoms with Crippen molar-refractivity contribution in [3.8, 4) is 0 Å². The highest BCUT2D eigenvalue weighted by Gasteiger charge is 2.35. The van der Waals surface area contributed by atoms with Crippen molar-refractivity contribution in [3.05, 3.63) is 35.2 Å². The van der Waals surface area contributed by atoms with Crippen LogP contribution >= 0.6 is 0 Å². The number of nitrogens with zero attached hydrogens (tertiary/aromatic N) is 2. The minimum absolute atomic E-state index is 0.0114. The first-order valence-electron chi connectivity index (χ1n) is 10.6. The molecule has 0 saturated heterocycles. The molecule has 160 valence electrons. The highest BCUT2D eigenvalue weighted by molar-refractivity contribution is 6.06. The Balaban J connectivity index is 2.42. The maximum atomic E-state index is 13.5. The lowest BCUT2D eigenvalue weighted by atomic mass is 9.98. The number of hydrogen-bond acceptors (Lipinski definition) is 4. The summed E-state index contributed by atoms with van der Waals surface area (Å²) in [4.78, 5) is 40.7. The lowest BCUT2D eigenvalue weighted by Crippen LogP contribution is -2.46. The van der Waals surface area contributed by atoms with Gasteiger partial charge in [-0.2, -0.15) is 0 Å². The summed E-state index contributed by atoms with van der Waals surface area (Å²) in [6, 6.07) is -0.624. The average molecular weight is 403 g/mol. The van der Waals surface area contributed by atoms with Crippen LogP contribution in [0.1, 0.15) is 78.6 Å². The summed E-state index contributed by atoms with van der Waals surface area (Å²) >= 11 is 0. The summed E-state index contributed by atoms with van der Waals surface area (Å²) in [6.07, 6.45) is 5.54. The minimum atomic E-state index is -0.624. The van der Waals surface area contributed by atoms with Crippen molar-refractivity contribution in [1.29, 1.82) is 0 Å². The van der Waals surface area contributed by atoms with E-state index in [2.05, 4.69) is 6.58 Å². The molecule has 1 aliphatic rings. The second-order valence-electron chi connectivity index (χ2n) is 7.70. The molecule has 1 heterocycles. The SMILES string of the molecule is C=CCN(C(=O)C1CCCC1)C(C)C(=O)c1c(C)c(C(=O)OCC)n(CC)c1C. The zero-order valence-corrected chi connectivity index (χ0v) is 18.4. The van der Waals surface area contributed by atoms with E-state index in [0.29, 0.717) is 29.9 Å². The molecule has 6 nitrogen and oxygen atoms in total. The summed E-state index contributed by atoms with van der Waals surface area (Å²) < 4.78 is 7.03. The summed E-state index contributed by atoms with van der Waals surface area (Å²) in [7, 11) is 0. The topological polar surface area (TPSA) is 68.6 Å². The number of carbonyl (C=O) groups is 3. The van der Waals surface area contributed by atoms with Crippen molar-refractivity contribution in [2.75, 3.05) is 13.2 Å². The highest BCUT2D eigenvalue weighted by Crippen LogP contribution is 2.29. The van der Waals surface area contributed by atoms with E-state index in [4.69, 9.17) is 4.74 Å². The van der Waals surface area contributed by atoms with Gasteiger partial charge < -0.3 is 14.2 Å². The predicted octanol–water partition coefficient (Wildman–Crippen LogP) is 4.08. The molecular formula is C23H34N2O4. The number of ketones is 1. The second-order valence-corrected chi connectivity index (χ2v) is 7.70. The minimum Gasteiger partial charge on any atom is -0.461 e. The van der Waals surface area contributed by atoms with Crippen LogP contribution in [0.15, 0.2) is 12.7 Å². The van der Waals surface area contributed by atoms with Crippen LogP contribution in [0.3, 0.4) is 0 Å². The summed E-state index contributed by atoms with van der Waals surface area (Å²) in [5.41, 5.74) is 2.28. The Kier molecular flexibility index (Phi) is 7.82. The third kappa shape index (κ3) is 4.46. The van der Waals surface area contributed by atoms with Gasteiger partial charge in [-0.15, -0.1) is 6.58 Å². The van der Waals surface area contributed by atoms with Crippen molar-refractivity contribution in [1.82, 2.24) is 9.47 Å². The first-order chi connectivity index (χ1) is 13.8. The van der Waals surface area contributed by atoms with Gasteiger partial charge in [0.15, 0.2) is 5.78 Å². The number of carbonyl (C=O) groups excluding carboxylic acids is 3. The number of amides is 1. The number of rotatable bonds is 9. The summed E-state index contributed by atoms with van der Waals surface area (Å²) in [5.74, 6) is -0.556. The molecule has 0 spiro atoms. The largest absolute Gasteiger partial charge is 0.461 e. The number of Topliss-reactive ketones (excluding diaryl/α,β-unsaturated/α-hetero) is 1. The Bertz CT molecular complexity index is 787. The zero-order chi connectivity index (χ0) is 21.7. The first kappa shape index (κ1) is 22.9. The molecule has 1 aliphatic carbocycles. The molecule has 0 N–H and O–H groups in total. The van der Waals surface area contributed by atoms with Crippen LogP contribution in [0.2, 0.25) is 0 Å². The second kappa shape index (κ2) is 9.90. The Hall–Kier alpha value is -2.37. The van der Waals surface area contributed by atoms with Gasteiger partial charge in [-0.05, 0) is 53.0 Å². The number of aromatic nitrogens is 1. The molecule has 1 amide bonds. The maximum absolute atomic E-state index is 13.5. The normalized spacial score (nSPS) is 15.2. The van der Waals surface area contributed by atoms with E-state index in [1.54, 1.807) is 31.7 Å². The van der Waals surface area contributed by atoms with Crippen LogP contribution in [0.25, 0.3) is 0 Å². The van der Waals surface area contributed by atoms with E-state index in [-0.39, 0.29) is 24.2 Å². The predicted molar refractivity (Wildman–Crippen MR) is 113 cm³/mol. The van der Waals surface area contributed by atoms with Crippen molar-refractivity contribution in [3.63, 3.8) is 0 Å². The molecule has 0 aromatic carbocycles. The van der Waals surface area contributed by atoms with Crippen LogP contribution in [0, 0.1) is 19.8 Å². The maximum Gasteiger partial charge on any atom is 0.355 e. The van der Waals surface area contributed by atoms with Gasteiger partial charge in [0, 0.05) is 30.3 Å². The summed E-state index contributed by atoms with van der Waals surface area (Å²) in [5, 5.41) is 0. The van der Waals surface area contributed by atoms with Gasteiger partial charge in [-0.25, -0.2) is 4.79 Å². The van der Waals surface area contributed by atoms with Gasteiger partial charge in [0.25, 0.3) is 0 Å². The van der Waals surface area contributed by atoms with Crippen LogP contribution in [0.5, 0.6) is 0 Å². The molecule has 6 heteroatoms. The molecule has 1 aromatic heterocycles. The van der Waals surface area contributed by atoms with Crippen molar-refractivity contribution >= 4 is 17.7 Å². The van der Waals surface area contributed by atoms with Gasteiger partial charge in [-0.3, -0.25) is 9.59 Å². The smallest absolute Gasteiger partial charge is 0.355 e. The molecule has 29 heavy (non-hydrogen) atoms. The fourth-order valence-electron chi connectivity index (χ4n) is 4.45. The fraction of sp³-hybridized carbons (Fsp3) is 0.609. The first-order valence-corrected chi connectivity index (χ1v) is 10.6. The van der Waals surface area contributed by atoms with Crippen molar-refractivity contribution in [2.45, 2.75) is 72.9 Å². The van der Waals surface area contributed by atoms with E-state index in [1.165, 1.54) is 0 Å². The third-order valence-corrected chi connectivity index (χ3v) is 5.96. The Morgan fingerprint density at radius 1 is 1.24 bits per heavy atom. The fourth-order valence-corrected chi connectivity index (χ4v) is 4.45. The Labute approximate surface area is 173 Å². The molecule has 0 bridgehead atoms. The number of ether oxygens (including phenoxy) is 1. The molecule has 1 atom stereocenters. The van der Waals surface area contributed by atoms with E-state index < -0.39 is 12.0 Å². The molecular weight excluding hydrogens is 368 g/mol. The highest BCUT2D eigenvalue weighted by atomic mass is 16.5. The molecule has 0 radical (unpaired) electrons. The molecule has 0 aliphatic heterocycles. The standard InChI is InChI=1S/C23H34N2O4/c1-7-14-25(22(27)18-12-10-11-13-18)17(6)21(26)19-15(4)20(23(28)29-9-3)24(8-2)16(19)5/h7,17-18H,1,8-14H2,2-6H3. The Morgan fingerprint density at radius 3 is 2.38 bits per heavy atom. The molecule has 1 saturated carbocycles. The van der Waals surface area contributed by atoms with Gasteiger partial charge >= 0.3 is 5.97 Å². The zero-order valence-electron chi connectivity index (χ0n) is 18.4. The molecule has 2 rings (SSSR count). The lowest BCUT2D eigenvalue weighted by molar-refractivity contribution is -0.136. The molecule has 1 fully saturated rings. The van der Waals surface area contributed by atoms with E-state index in [9.17, 15) is 14.4 Å². The molecule has 1 unspecified atom stereocenters. The van der Waals surface area contributed by atoms with Crippen molar-refractivity contribution in [2.24, 2.45) is 5.92 Å². The van der Waals surface area contributed by atoms with E-state index in [0.717, 1.165) is 31.4 Å². The number of esters is 1. The van der Waals surface area contributed by atoms with Gasteiger partial charge in [0.2, 0.25) is 5.91 Å². The van der Waals surface area contributed by atoms with E-state index >= 15 is 0 Å². The van der Waals surface area contributed by atoms with Crippen LogP contribution in [-0.4, -0.2) is 46.3 Å². The number of hydrogen-bond donors (Lipinski definition) is 0. The molecule has 1 aromatic rings. The Morgan fingerprint density at radius 2 is 1.86 bits per heavy atom. The van der Waals surface area contributed by atoms with Crippen LogP contribution < -0.4 is 0 Å². The van der Waals surface area contributed by atoms with Crippen LogP contribution in [0.4, 0.5) is 0 Å².